The molecule has 0 spiro atoms. The predicted octanol–water partition coefficient (Wildman–Crippen LogP) is 2.14. The van der Waals surface area contributed by atoms with Gasteiger partial charge in [-0.05, 0) is 36.0 Å². The molecule has 1 aromatic rings. The molecule has 118 valence electrons. The maximum absolute atomic E-state index is 12.6. The summed E-state index contributed by atoms with van der Waals surface area (Å²) in [7, 11) is 0. The Kier molecular flexibility index (Phi) is 4.71. The van der Waals surface area contributed by atoms with Crippen LogP contribution in [0.5, 0.6) is 0 Å². The lowest BCUT2D eigenvalue weighted by Crippen LogP contribution is -2.47. The molecule has 1 unspecified atom stereocenters. The van der Waals surface area contributed by atoms with E-state index in [0.29, 0.717) is 13.0 Å². The van der Waals surface area contributed by atoms with Crippen molar-refractivity contribution in [3.05, 3.63) is 34.9 Å². The quantitative estimate of drug-likeness (QED) is 0.924. The largest absolute Gasteiger partial charge is 0.481 e. The number of aliphatic carboxylic acids is 1. The lowest BCUT2D eigenvalue weighted by atomic mass is 10.0. The molecular formula is C17H21NO3S. The summed E-state index contributed by atoms with van der Waals surface area (Å²) in [6.45, 7) is 0.659. The third-order valence-corrected chi connectivity index (χ3v) is 5.57. The highest BCUT2D eigenvalue weighted by Gasteiger charge is 2.28. The van der Waals surface area contributed by atoms with E-state index in [4.69, 9.17) is 5.11 Å². The second kappa shape index (κ2) is 6.73. The van der Waals surface area contributed by atoms with Gasteiger partial charge in [-0.1, -0.05) is 18.2 Å². The molecule has 1 aliphatic carbocycles. The van der Waals surface area contributed by atoms with Crippen LogP contribution in [0.2, 0.25) is 0 Å². The van der Waals surface area contributed by atoms with Gasteiger partial charge >= 0.3 is 5.97 Å². The first-order valence-electron chi connectivity index (χ1n) is 7.83. The summed E-state index contributed by atoms with van der Waals surface area (Å²) in [5.74, 6) is 0.848. The van der Waals surface area contributed by atoms with Crippen LogP contribution in [0.3, 0.4) is 0 Å². The third kappa shape index (κ3) is 3.46. The van der Waals surface area contributed by atoms with E-state index >= 15 is 0 Å². The van der Waals surface area contributed by atoms with Gasteiger partial charge in [-0.15, -0.1) is 0 Å². The molecule has 3 rings (SSSR count). The van der Waals surface area contributed by atoms with Crippen LogP contribution in [0.15, 0.2) is 18.2 Å². The molecule has 1 N–H and O–H groups in total. The summed E-state index contributed by atoms with van der Waals surface area (Å²) >= 11 is 1.73. The maximum Gasteiger partial charge on any atom is 0.305 e. The summed E-state index contributed by atoms with van der Waals surface area (Å²) in [6.07, 6.45) is 3.89. The molecule has 0 bridgehead atoms. The van der Waals surface area contributed by atoms with Crippen LogP contribution in [0.25, 0.3) is 0 Å². The number of benzene rings is 1. The van der Waals surface area contributed by atoms with E-state index in [-0.39, 0.29) is 18.4 Å². The molecule has 1 aromatic carbocycles. The second-order valence-electron chi connectivity index (χ2n) is 6.05. The minimum Gasteiger partial charge on any atom is -0.481 e. The highest BCUT2D eigenvalue weighted by Crippen LogP contribution is 2.24. The van der Waals surface area contributed by atoms with Crippen molar-refractivity contribution in [1.82, 2.24) is 4.90 Å². The van der Waals surface area contributed by atoms with Crippen molar-refractivity contribution in [2.24, 2.45) is 0 Å². The number of aryl methyl sites for hydroxylation is 2. The second-order valence-corrected chi connectivity index (χ2v) is 7.20. The van der Waals surface area contributed by atoms with Crippen LogP contribution in [0.1, 0.15) is 29.5 Å². The highest BCUT2D eigenvalue weighted by molar-refractivity contribution is 7.99. The number of carboxylic acids is 1. The molecule has 1 fully saturated rings. The number of thioether (sulfide) groups is 1. The molecule has 1 heterocycles. The number of carbonyl (C=O) groups excluding carboxylic acids is 1. The van der Waals surface area contributed by atoms with Crippen molar-refractivity contribution in [2.45, 2.75) is 38.1 Å². The lowest BCUT2D eigenvalue weighted by Gasteiger charge is -2.34. The SMILES string of the molecule is O=C(O)CC1CSCCN1C(=O)Cc1ccc2c(c1)CCC2. The first-order chi connectivity index (χ1) is 10.6. The standard InChI is InChI=1S/C17H21NO3S/c19-16(18-6-7-22-11-15(18)10-17(20)21)9-12-4-5-13-2-1-3-14(13)8-12/h4-5,8,15H,1-3,6-7,9-11H2,(H,20,21). The van der Waals surface area contributed by atoms with Crippen LogP contribution >= 0.6 is 11.8 Å². The van der Waals surface area contributed by atoms with Crippen LogP contribution in [-0.2, 0) is 28.9 Å². The molecule has 2 aliphatic rings. The van der Waals surface area contributed by atoms with Gasteiger partial charge in [-0.3, -0.25) is 9.59 Å². The smallest absolute Gasteiger partial charge is 0.305 e. The molecule has 4 nitrogen and oxygen atoms in total. The maximum atomic E-state index is 12.6. The van der Waals surface area contributed by atoms with Gasteiger partial charge < -0.3 is 10.0 Å². The normalized spacial score (nSPS) is 20.7. The Bertz CT molecular complexity index is 587. The van der Waals surface area contributed by atoms with E-state index in [2.05, 4.69) is 12.1 Å². The van der Waals surface area contributed by atoms with Crippen molar-refractivity contribution in [3.8, 4) is 0 Å². The summed E-state index contributed by atoms with van der Waals surface area (Å²) in [6, 6.07) is 6.18. The number of carboxylic acid groups (broad SMARTS) is 1. The number of carbonyl (C=O) groups is 2. The van der Waals surface area contributed by atoms with Crippen LogP contribution in [-0.4, -0.2) is 46.0 Å². The van der Waals surface area contributed by atoms with Crippen molar-refractivity contribution >= 4 is 23.6 Å². The zero-order valence-electron chi connectivity index (χ0n) is 12.6. The molecule has 1 saturated heterocycles. The Hall–Kier alpha value is -1.49. The van der Waals surface area contributed by atoms with Crippen molar-refractivity contribution in [1.29, 1.82) is 0 Å². The Balaban J connectivity index is 1.68. The van der Waals surface area contributed by atoms with Gasteiger partial charge in [0.1, 0.15) is 0 Å². The molecule has 1 amide bonds. The average molecular weight is 319 g/mol. The number of amides is 1. The van der Waals surface area contributed by atoms with Crippen molar-refractivity contribution in [2.75, 3.05) is 18.1 Å². The Morgan fingerprint density at radius 1 is 1.27 bits per heavy atom. The third-order valence-electron chi connectivity index (χ3n) is 4.48. The van der Waals surface area contributed by atoms with Gasteiger partial charge in [0.25, 0.3) is 0 Å². The molecule has 1 atom stereocenters. The number of hydrogen-bond acceptors (Lipinski definition) is 3. The number of fused-ring (bicyclic) bond motifs is 1. The van der Waals surface area contributed by atoms with E-state index < -0.39 is 5.97 Å². The van der Waals surface area contributed by atoms with E-state index in [9.17, 15) is 9.59 Å². The first kappa shape index (κ1) is 15.4. The Morgan fingerprint density at radius 2 is 2.09 bits per heavy atom. The summed E-state index contributed by atoms with van der Waals surface area (Å²) < 4.78 is 0. The van der Waals surface area contributed by atoms with Crippen LogP contribution < -0.4 is 0 Å². The van der Waals surface area contributed by atoms with Crippen molar-refractivity contribution < 1.29 is 14.7 Å². The highest BCUT2D eigenvalue weighted by atomic mass is 32.2. The van der Waals surface area contributed by atoms with Crippen LogP contribution in [0.4, 0.5) is 0 Å². The minimum atomic E-state index is -0.831. The predicted molar refractivity (Wildman–Crippen MR) is 87.2 cm³/mol. The molecule has 1 aliphatic heterocycles. The molecule has 0 aromatic heterocycles. The fraction of sp³-hybridized carbons (Fsp3) is 0.529. The molecule has 22 heavy (non-hydrogen) atoms. The lowest BCUT2D eigenvalue weighted by molar-refractivity contribution is -0.140. The van der Waals surface area contributed by atoms with Gasteiger partial charge in [0, 0.05) is 18.1 Å². The topological polar surface area (TPSA) is 57.6 Å². The Labute approximate surface area is 134 Å². The van der Waals surface area contributed by atoms with Gasteiger partial charge in [0.05, 0.1) is 18.9 Å². The first-order valence-corrected chi connectivity index (χ1v) is 8.98. The molecule has 0 saturated carbocycles. The number of rotatable bonds is 4. The molecular weight excluding hydrogens is 298 g/mol. The monoisotopic (exact) mass is 319 g/mol. The van der Waals surface area contributed by atoms with E-state index in [0.717, 1.165) is 29.9 Å². The zero-order chi connectivity index (χ0) is 15.5. The van der Waals surface area contributed by atoms with E-state index in [1.165, 1.54) is 17.5 Å². The molecule has 5 heteroatoms. The fourth-order valence-corrected chi connectivity index (χ4v) is 4.43. The van der Waals surface area contributed by atoms with Crippen LogP contribution in [0, 0.1) is 0 Å². The van der Waals surface area contributed by atoms with Gasteiger partial charge in [0.15, 0.2) is 0 Å². The van der Waals surface area contributed by atoms with Gasteiger partial charge in [-0.2, -0.15) is 11.8 Å². The fourth-order valence-electron chi connectivity index (χ4n) is 3.37. The summed E-state index contributed by atoms with van der Waals surface area (Å²) in [5, 5.41) is 9.01. The van der Waals surface area contributed by atoms with E-state index in [1.54, 1.807) is 16.7 Å². The minimum absolute atomic E-state index is 0.0446. The molecule has 0 radical (unpaired) electrons. The average Bonchev–Trinajstić information content (AvgIpc) is 2.94. The van der Waals surface area contributed by atoms with Gasteiger partial charge in [0.2, 0.25) is 5.91 Å². The van der Waals surface area contributed by atoms with E-state index in [1.807, 2.05) is 6.07 Å². The van der Waals surface area contributed by atoms with Gasteiger partial charge in [-0.25, -0.2) is 0 Å². The summed E-state index contributed by atoms with van der Waals surface area (Å²) in [5.41, 5.74) is 3.84. The zero-order valence-corrected chi connectivity index (χ0v) is 13.4. The number of hydrogen-bond donors (Lipinski definition) is 1. The summed E-state index contributed by atoms with van der Waals surface area (Å²) in [4.78, 5) is 25.3. The Morgan fingerprint density at radius 3 is 2.91 bits per heavy atom. The number of nitrogens with zero attached hydrogens (tertiary/aromatic N) is 1. The van der Waals surface area contributed by atoms with Crippen molar-refractivity contribution in [3.63, 3.8) is 0 Å².